The minimum Gasteiger partial charge on any atom is -0.314 e. The number of halogens is 2. The molecule has 0 spiro atoms. The second-order valence-corrected chi connectivity index (χ2v) is 5.06. The summed E-state index contributed by atoms with van der Waals surface area (Å²) in [5.41, 5.74) is 0.554. The van der Waals surface area contributed by atoms with Crippen molar-refractivity contribution in [2.75, 3.05) is 20.1 Å². The molecule has 0 aromatic heterocycles. The number of rotatable bonds is 5. The van der Waals surface area contributed by atoms with Gasteiger partial charge in [0.05, 0.1) is 0 Å². The van der Waals surface area contributed by atoms with E-state index in [0.29, 0.717) is 18.2 Å². The Balaban J connectivity index is 1.80. The Labute approximate surface area is 107 Å². The van der Waals surface area contributed by atoms with Crippen LogP contribution in [-0.4, -0.2) is 31.1 Å². The number of benzene rings is 1. The van der Waals surface area contributed by atoms with Gasteiger partial charge in [0.1, 0.15) is 11.6 Å². The summed E-state index contributed by atoms with van der Waals surface area (Å²) in [6, 6.07) is 4.38. The lowest BCUT2D eigenvalue weighted by atomic mass is 10.1. The molecule has 0 radical (unpaired) electrons. The van der Waals surface area contributed by atoms with Gasteiger partial charge in [0.15, 0.2) is 0 Å². The van der Waals surface area contributed by atoms with Crippen LogP contribution in [0.2, 0.25) is 0 Å². The summed E-state index contributed by atoms with van der Waals surface area (Å²) >= 11 is 0. The molecule has 100 valence electrons. The molecule has 1 aromatic carbocycles. The molecule has 1 aromatic rings. The van der Waals surface area contributed by atoms with Gasteiger partial charge in [0.2, 0.25) is 0 Å². The topological polar surface area (TPSA) is 15.3 Å². The summed E-state index contributed by atoms with van der Waals surface area (Å²) in [6.07, 6.45) is 3.57. The quantitative estimate of drug-likeness (QED) is 0.868. The van der Waals surface area contributed by atoms with Crippen molar-refractivity contribution < 1.29 is 8.78 Å². The van der Waals surface area contributed by atoms with Gasteiger partial charge in [-0.25, -0.2) is 8.78 Å². The maximum absolute atomic E-state index is 13.5. The number of nitrogens with zero attached hydrogens (tertiary/aromatic N) is 1. The van der Waals surface area contributed by atoms with Crippen LogP contribution in [0, 0.1) is 11.6 Å². The van der Waals surface area contributed by atoms with Crippen LogP contribution in [0.5, 0.6) is 0 Å². The van der Waals surface area contributed by atoms with Gasteiger partial charge in [-0.05, 0) is 45.5 Å². The zero-order valence-electron chi connectivity index (χ0n) is 10.8. The Bertz CT molecular complexity index is 389. The molecule has 0 aliphatic carbocycles. The molecule has 18 heavy (non-hydrogen) atoms. The molecule has 2 rings (SSSR count). The van der Waals surface area contributed by atoms with Crippen molar-refractivity contribution >= 4 is 0 Å². The summed E-state index contributed by atoms with van der Waals surface area (Å²) in [7, 11) is 1.97. The average Bonchev–Trinajstić information content (AvgIpc) is 2.83. The molecule has 1 aliphatic rings. The smallest absolute Gasteiger partial charge is 0.130 e. The first-order chi connectivity index (χ1) is 8.65. The van der Waals surface area contributed by atoms with Crippen molar-refractivity contribution in [2.24, 2.45) is 0 Å². The number of nitrogens with one attached hydrogen (secondary N) is 1. The van der Waals surface area contributed by atoms with Crippen molar-refractivity contribution in [3.05, 3.63) is 35.4 Å². The van der Waals surface area contributed by atoms with Gasteiger partial charge in [-0.3, -0.25) is 0 Å². The highest BCUT2D eigenvalue weighted by atomic mass is 19.1. The van der Waals surface area contributed by atoms with Crippen molar-refractivity contribution in [3.8, 4) is 0 Å². The SMILES string of the molecule is CN(CCC1CCCN1)Cc1ccc(F)cc1F. The van der Waals surface area contributed by atoms with Gasteiger partial charge in [-0.2, -0.15) is 0 Å². The van der Waals surface area contributed by atoms with Crippen LogP contribution < -0.4 is 5.32 Å². The Morgan fingerprint density at radius 2 is 2.22 bits per heavy atom. The summed E-state index contributed by atoms with van der Waals surface area (Å²) < 4.78 is 26.2. The molecule has 1 atom stereocenters. The Morgan fingerprint density at radius 3 is 2.89 bits per heavy atom. The van der Waals surface area contributed by atoms with Gasteiger partial charge in [0.25, 0.3) is 0 Å². The van der Waals surface area contributed by atoms with Crippen LogP contribution in [0.15, 0.2) is 18.2 Å². The van der Waals surface area contributed by atoms with E-state index >= 15 is 0 Å². The van der Waals surface area contributed by atoms with Crippen molar-refractivity contribution in [1.82, 2.24) is 10.2 Å². The van der Waals surface area contributed by atoms with E-state index in [1.165, 1.54) is 25.0 Å². The van der Waals surface area contributed by atoms with Gasteiger partial charge >= 0.3 is 0 Å². The van der Waals surface area contributed by atoms with Crippen molar-refractivity contribution in [3.63, 3.8) is 0 Å². The molecule has 1 aliphatic heterocycles. The van der Waals surface area contributed by atoms with E-state index in [9.17, 15) is 8.78 Å². The first kappa shape index (κ1) is 13.4. The largest absolute Gasteiger partial charge is 0.314 e. The van der Waals surface area contributed by atoms with Crippen LogP contribution in [0.25, 0.3) is 0 Å². The molecule has 4 heteroatoms. The van der Waals surface area contributed by atoms with Gasteiger partial charge < -0.3 is 10.2 Å². The lowest BCUT2D eigenvalue weighted by Crippen LogP contribution is -2.28. The highest BCUT2D eigenvalue weighted by Gasteiger charge is 2.14. The fourth-order valence-electron chi connectivity index (χ4n) is 2.40. The molecule has 0 bridgehead atoms. The molecule has 1 unspecified atom stereocenters. The maximum atomic E-state index is 13.5. The third-order valence-electron chi connectivity index (χ3n) is 3.48. The van der Waals surface area contributed by atoms with E-state index in [2.05, 4.69) is 10.2 Å². The van der Waals surface area contributed by atoms with Crippen molar-refractivity contribution in [2.45, 2.75) is 31.8 Å². The highest BCUT2D eigenvalue weighted by molar-refractivity contribution is 5.18. The average molecular weight is 254 g/mol. The number of hydrogen-bond acceptors (Lipinski definition) is 2. The van der Waals surface area contributed by atoms with Crippen LogP contribution >= 0.6 is 0 Å². The summed E-state index contributed by atoms with van der Waals surface area (Å²) in [5.74, 6) is -0.977. The van der Waals surface area contributed by atoms with Crippen LogP contribution in [0.3, 0.4) is 0 Å². The van der Waals surface area contributed by atoms with E-state index in [1.54, 1.807) is 0 Å². The standard InChI is InChI=1S/C14H20F2N2/c1-18(8-6-13-3-2-7-17-13)10-11-4-5-12(15)9-14(11)16/h4-5,9,13,17H,2-3,6-8,10H2,1H3. The molecule has 0 saturated carbocycles. The molecular formula is C14H20F2N2. The first-order valence-corrected chi connectivity index (χ1v) is 6.51. The van der Waals surface area contributed by atoms with Crippen molar-refractivity contribution in [1.29, 1.82) is 0 Å². The minimum absolute atomic E-state index is 0.458. The molecule has 1 fully saturated rings. The van der Waals surface area contributed by atoms with E-state index in [0.717, 1.165) is 25.6 Å². The predicted molar refractivity (Wildman–Crippen MR) is 68.3 cm³/mol. The molecule has 1 saturated heterocycles. The van der Waals surface area contributed by atoms with Gasteiger partial charge in [0, 0.05) is 24.2 Å². The van der Waals surface area contributed by atoms with E-state index in [1.807, 2.05) is 7.05 Å². The van der Waals surface area contributed by atoms with Gasteiger partial charge in [-0.1, -0.05) is 6.07 Å². The number of hydrogen-bond donors (Lipinski definition) is 1. The fraction of sp³-hybridized carbons (Fsp3) is 0.571. The second kappa shape index (κ2) is 6.25. The third-order valence-corrected chi connectivity index (χ3v) is 3.48. The summed E-state index contributed by atoms with van der Waals surface area (Å²) in [4.78, 5) is 2.08. The van der Waals surface area contributed by atoms with Gasteiger partial charge in [-0.15, -0.1) is 0 Å². The lowest BCUT2D eigenvalue weighted by Gasteiger charge is -2.19. The predicted octanol–water partition coefficient (Wildman–Crippen LogP) is 2.54. The Hall–Kier alpha value is -1.00. The van der Waals surface area contributed by atoms with Crippen LogP contribution in [0.4, 0.5) is 8.78 Å². The highest BCUT2D eigenvalue weighted by Crippen LogP contribution is 2.13. The minimum atomic E-state index is -0.519. The van der Waals surface area contributed by atoms with Crippen LogP contribution in [0.1, 0.15) is 24.8 Å². The second-order valence-electron chi connectivity index (χ2n) is 5.06. The third kappa shape index (κ3) is 3.75. The summed E-state index contributed by atoms with van der Waals surface area (Å²) in [6.45, 7) is 2.56. The van der Waals surface area contributed by atoms with E-state index in [-0.39, 0.29) is 0 Å². The normalized spacial score (nSPS) is 19.7. The Morgan fingerprint density at radius 1 is 1.39 bits per heavy atom. The maximum Gasteiger partial charge on any atom is 0.130 e. The lowest BCUT2D eigenvalue weighted by molar-refractivity contribution is 0.301. The van der Waals surface area contributed by atoms with E-state index < -0.39 is 11.6 Å². The zero-order chi connectivity index (χ0) is 13.0. The monoisotopic (exact) mass is 254 g/mol. The van der Waals surface area contributed by atoms with Crippen LogP contribution in [-0.2, 0) is 6.54 Å². The Kier molecular flexibility index (Phi) is 4.66. The molecule has 1 N–H and O–H groups in total. The first-order valence-electron chi connectivity index (χ1n) is 6.51. The zero-order valence-corrected chi connectivity index (χ0v) is 10.8. The molecule has 0 amide bonds. The summed E-state index contributed by atoms with van der Waals surface area (Å²) in [5, 5.41) is 3.44. The molecule has 1 heterocycles. The molecule has 2 nitrogen and oxygen atoms in total. The fourth-order valence-corrected chi connectivity index (χ4v) is 2.40. The van der Waals surface area contributed by atoms with E-state index in [4.69, 9.17) is 0 Å². The molecular weight excluding hydrogens is 234 g/mol.